The van der Waals surface area contributed by atoms with Crippen LogP contribution in [-0.2, 0) is 11.3 Å². The van der Waals surface area contributed by atoms with Crippen molar-refractivity contribution in [1.82, 2.24) is 4.90 Å². The molecule has 0 saturated carbocycles. The van der Waals surface area contributed by atoms with Crippen molar-refractivity contribution in [2.45, 2.75) is 6.54 Å². The van der Waals surface area contributed by atoms with E-state index in [1.807, 2.05) is 30.3 Å². The molecule has 1 aromatic heterocycles. The lowest BCUT2D eigenvalue weighted by Crippen LogP contribution is -2.25. The van der Waals surface area contributed by atoms with Gasteiger partial charge in [-0.15, -0.1) is 11.3 Å². The van der Waals surface area contributed by atoms with Crippen molar-refractivity contribution in [3.05, 3.63) is 63.9 Å². The summed E-state index contributed by atoms with van der Waals surface area (Å²) in [6.07, 6.45) is 2.55. The molecule has 0 aliphatic heterocycles. The molecule has 4 nitrogen and oxygen atoms in total. The average molecular weight is 301 g/mol. The normalized spacial score (nSPS) is 10.7. The van der Waals surface area contributed by atoms with Gasteiger partial charge in [-0.25, -0.2) is 4.79 Å². The van der Waals surface area contributed by atoms with E-state index in [1.165, 1.54) is 17.4 Å². The lowest BCUT2D eigenvalue weighted by molar-refractivity contribution is -0.131. The van der Waals surface area contributed by atoms with Crippen molar-refractivity contribution in [2.24, 2.45) is 0 Å². The van der Waals surface area contributed by atoms with Crippen molar-refractivity contribution in [2.75, 3.05) is 7.05 Å². The second-order valence-corrected chi connectivity index (χ2v) is 5.64. The van der Waals surface area contributed by atoms with Crippen LogP contribution in [0, 0.1) is 0 Å². The number of carbonyl (C=O) groups excluding carboxylic acids is 1. The largest absolute Gasteiger partial charge is 0.478 e. The van der Waals surface area contributed by atoms with Crippen molar-refractivity contribution < 1.29 is 14.7 Å². The minimum atomic E-state index is -1.00. The van der Waals surface area contributed by atoms with Gasteiger partial charge in [-0.1, -0.05) is 30.3 Å². The van der Waals surface area contributed by atoms with Crippen LogP contribution < -0.4 is 0 Å². The first kappa shape index (κ1) is 15.0. The van der Waals surface area contributed by atoms with Gasteiger partial charge in [-0.2, -0.15) is 0 Å². The van der Waals surface area contributed by atoms with Crippen molar-refractivity contribution >= 4 is 29.3 Å². The minimum absolute atomic E-state index is 0.0705. The second-order valence-electron chi connectivity index (χ2n) is 4.52. The summed E-state index contributed by atoms with van der Waals surface area (Å²) < 4.78 is 0. The number of carbonyl (C=O) groups is 2. The van der Waals surface area contributed by atoms with Gasteiger partial charge in [0.2, 0.25) is 0 Å². The molecule has 0 aliphatic carbocycles. The molecule has 5 heteroatoms. The molecular formula is C16H15NO3S. The molecule has 0 fully saturated rings. The molecule has 1 aromatic carbocycles. The lowest BCUT2D eigenvalue weighted by atomic mass is 10.2. The first-order valence-corrected chi connectivity index (χ1v) is 7.18. The number of carboxylic acid groups (broad SMARTS) is 1. The Morgan fingerprint density at radius 3 is 2.57 bits per heavy atom. The number of thiophene rings is 1. The molecule has 0 bridgehead atoms. The number of carboxylic acids is 1. The predicted octanol–water partition coefficient (Wildman–Crippen LogP) is 3.12. The summed E-state index contributed by atoms with van der Waals surface area (Å²) in [6, 6.07) is 13.2. The van der Waals surface area contributed by atoms with Gasteiger partial charge in [-0.05, 0) is 23.8 Å². The van der Waals surface area contributed by atoms with Crippen LogP contribution in [0.3, 0.4) is 0 Å². The fraction of sp³-hybridized carbons (Fsp3) is 0.125. The Morgan fingerprint density at radius 2 is 1.90 bits per heavy atom. The van der Waals surface area contributed by atoms with Crippen molar-refractivity contribution in [3.63, 3.8) is 0 Å². The Balaban J connectivity index is 2.04. The summed E-state index contributed by atoms with van der Waals surface area (Å²) in [4.78, 5) is 25.7. The highest BCUT2D eigenvalue weighted by molar-refractivity contribution is 7.14. The number of hydrogen-bond acceptors (Lipinski definition) is 3. The fourth-order valence-corrected chi connectivity index (χ4v) is 2.73. The van der Waals surface area contributed by atoms with E-state index >= 15 is 0 Å². The van der Waals surface area contributed by atoms with Crippen LogP contribution in [0.15, 0.2) is 48.5 Å². The number of nitrogens with zero attached hydrogens (tertiary/aromatic N) is 1. The van der Waals surface area contributed by atoms with Crippen LogP contribution >= 0.6 is 11.3 Å². The Kier molecular flexibility index (Phi) is 4.90. The van der Waals surface area contributed by atoms with Gasteiger partial charge in [-0.3, -0.25) is 4.79 Å². The van der Waals surface area contributed by atoms with Gasteiger partial charge < -0.3 is 10.0 Å². The summed E-state index contributed by atoms with van der Waals surface area (Å²) in [7, 11) is 1.75. The Bertz CT molecular complexity index is 661. The lowest BCUT2D eigenvalue weighted by Gasteiger charge is -2.16. The number of benzene rings is 1. The molecule has 2 aromatic rings. The zero-order valence-electron chi connectivity index (χ0n) is 11.5. The molecule has 21 heavy (non-hydrogen) atoms. The number of amides is 1. The smallest absolute Gasteiger partial charge is 0.328 e. The highest BCUT2D eigenvalue weighted by atomic mass is 32.1. The van der Waals surface area contributed by atoms with E-state index in [2.05, 4.69) is 0 Å². The van der Waals surface area contributed by atoms with Crippen LogP contribution in [-0.4, -0.2) is 28.9 Å². The Hall–Kier alpha value is -2.40. The molecule has 1 N–H and O–H groups in total. The topological polar surface area (TPSA) is 57.6 Å². The van der Waals surface area contributed by atoms with E-state index in [1.54, 1.807) is 24.1 Å². The number of aliphatic carboxylic acids is 1. The Labute approximate surface area is 127 Å². The standard InChI is InChI=1S/C16H15NO3S/c1-17(11-12-5-3-2-4-6-12)16(20)14-9-7-13(21-14)8-10-15(18)19/h2-10H,11H2,1H3,(H,18,19). The van der Waals surface area contributed by atoms with E-state index in [-0.39, 0.29) is 5.91 Å². The molecule has 0 spiro atoms. The summed E-state index contributed by atoms with van der Waals surface area (Å²) >= 11 is 1.28. The molecule has 0 aliphatic rings. The molecule has 0 saturated heterocycles. The number of rotatable bonds is 5. The third kappa shape index (κ3) is 4.29. The van der Waals surface area contributed by atoms with E-state index in [0.717, 1.165) is 16.5 Å². The second kappa shape index (κ2) is 6.85. The molecular weight excluding hydrogens is 286 g/mol. The van der Waals surface area contributed by atoms with Crippen LogP contribution in [0.25, 0.3) is 6.08 Å². The van der Waals surface area contributed by atoms with Crippen molar-refractivity contribution in [1.29, 1.82) is 0 Å². The molecule has 0 radical (unpaired) electrons. The molecule has 108 valence electrons. The average Bonchev–Trinajstić information content (AvgIpc) is 2.94. The molecule has 2 rings (SSSR count). The SMILES string of the molecule is CN(Cc1ccccc1)C(=O)c1ccc(C=CC(=O)O)s1. The van der Waals surface area contributed by atoms with Crippen LogP contribution in [0.4, 0.5) is 0 Å². The highest BCUT2D eigenvalue weighted by Crippen LogP contribution is 2.20. The monoisotopic (exact) mass is 301 g/mol. The Morgan fingerprint density at radius 1 is 1.19 bits per heavy atom. The number of hydrogen-bond donors (Lipinski definition) is 1. The van der Waals surface area contributed by atoms with Crippen LogP contribution in [0.1, 0.15) is 20.1 Å². The summed E-state index contributed by atoms with van der Waals surface area (Å²) in [6.45, 7) is 0.540. The molecule has 1 heterocycles. The zero-order chi connectivity index (χ0) is 15.2. The van der Waals surface area contributed by atoms with Gasteiger partial charge in [0.1, 0.15) is 0 Å². The van der Waals surface area contributed by atoms with Gasteiger partial charge in [0, 0.05) is 24.5 Å². The van der Waals surface area contributed by atoms with E-state index in [9.17, 15) is 9.59 Å². The minimum Gasteiger partial charge on any atom is -0.478 e. The third-order valence-corrected chi connectivity index (χ3v) is 3.88. The fourth-order valence-electron chi connectivity index (χ4n) is 1.83. The summed E-state index contributed by atoms with van der Waals surface area (Å²) in [5.41, 5.74) is 1.07. The zero-order valence-corrected chi connectivity index (χ0v) is 12.3. The summed E-state index contributed by atoms with van der Waals surface area (Å²) in [5, 5.41) is 8.59. The van der Waals surface area contributed by atoms with E-state index in [0.29, 0.717) is 11.4 Å². The molecule has 1 amide bonds. The van der Waals surface area contributed by atoms with Gasteiger partial charge >= 0.3 is 5.97 Å². The van der Waals surface area contributed by atoms with Crippen molar-refractivity contribution in [3.8, 4) is 0 Å². The van der Waals surface area contributed by atoms with Gasteiger partial charge in [0.15, 0.2) is 0 Å². The van der Waals surface area contributed by atoms with E-state index in [4.69, 9.17) is 5.11 Å². The first-order valence-electron chi connectivity index (χ1n) is 6.36. The third-order valence-electron chi connectivity index (χ3n) is 2.84. The van der Waals surface area contributed by atoms with Crippen LogP contribution in [0.2, 0.25) is 0 Å². The highest BCUT2D eigenvalue weighted by Gasteiger charge is 2.14. The maximum Gasteiger partial charge on any atom is 0.328 e. The van der Waals surface area contributed by atoms with E-state index < -0.39 is 5.97 Å². The molecule has 0 unspecified atom stereocenters. The van der Waals surface area contributed by atoms with Gasteiger partial charge in [0.25, 0.3) is 5.91 Å². The summed E-state index contributed by atoms with van der Waals surface area (Å²) in [5.74, 6) is -1.07. The molecule has 0 atom stereocenters. The quantitative estimate of drug-likeness (QED) is 0.863. The predicted molar refractivity (Wildman–Crippen MR) is 83.2 cm³/mol. The first-order chi connectivity index (χ1) is 10.1. The van der Waals surface area contributed by atoms with Gasteiger partial charge in [0.05, 0.1) is 4.88 Å². The maximum absolute atomic E-state index is 12.3. The van der Waals surface area contributed by atoms with Crippen LogP contribution in [0.5, 0.6) is 0 Å². The maximum atomic E-state index is 12.3.